The standard InChI is InChI=1S/C18H19N/c1-2-3-6-14-9-10-16-13-19-12-15-7-4-5-8-17(15)18(16)11-14/h4-5,7-13,19H,2-3,6H2,1H3. The number of aryl methyl sites for hydroxylation is 1. The van der Waals surface area contributed by atoms with Gasteiger partial charge in [-0.3, -0.25) is 0 Å². The van der Waals surface area contributed by atoms with Gasteiger partial charge in [0.2, 0.25) is 0 Å². The molecule has 0 aliphatic carbocycles. The fraction of sp³-hybridized carbons (Fsp3) is 0.222. The predicted octanol–water partition coefficient (Wildman–Crippen LogP) is 2.40. The Morgan fingerprint density at radius 3 is 2.53 bits per heavy atom. The Morgan fingerprint density at radius 2 is 1.68 bits per heavy atom. The molecule has 0 spiro atoms. The Morgan fingerprint density at radius 1 is 0.895 bits per heavy atom. The third-order valence-corrected chi connectivity index (χ3v) is 3.67. The predicted molar refractivity (Wildman–Crippen MR) is 80.5 cm³/mol. The van der Waals surface area contributed by atoms with Gasteiger partial charge in [0.15, 0.2) is 0 Å². The molecular weight excluding hydrogens is 230 g/mol. The van der Waals surface area contributed by atoms with E-state index in [1.807, 2.05) is 0 Å². The monoisotopic (exact) mass is 249 g/mol. The van der Waals surface area contributed by atoms with Crippen LogP contribution in [0, 0.1) is 10.4 Å². The zero-order chi connectivity index (χ0) is 13.1. The zero-order valence-electron chi connectivity index (χ0n) is 11.3. The molecule has 0 fully saturated rings. The molecule has 2 aromatic rings. The van der Waals surface area contributed by atoms with E-state index in [4.69, 9.17) is 0 Å². The van der Waals surface area contributed by atoms with E-state index in [1.165, 1.54) is 45.7 Å². The second kappa shape index (κ2) is 5.31. The minimum Gasteiger partial charge on any atom is -0.366 e. The number of hydrogen-bond acceptors (Lipinski definition) is 1. The lowest BCUT2D eigenvalue weighted by atomic mass is 10.0. The smallest absolute Gasteiger partial charge is 0.00840 e. The van der Waals surface area contributed by atoms with Crippen molar-refractivity contribution in [3.05, 3.63) is 68.9 Å². The summed E-state index contributed by atoms with van der Waals surface area (Å²) < 4.78 is 0. The highest BCUT2D eigenvalue weighted by molar-refractivity contribution is 5.40. The molecule has 1 heteroatoms. The highest BCUT2D eigenvalue weighted by atomic mass is 14.8. The van der Waals surface area contributed by atoms with Gasteiger partial charge >= 0.3 is 0 Å². The first kappa shape index (κ1) is 12.0. The van der Waals surface area contributed by atoms with Gasteiger partial charge in [-0.2, -0.15) is 0 Å². The molecule has 0 aromatic heterocycles. The lowest BCUT2D eigenvalue weighted by Gasteiger charge is -2.00. The van der Waals surface area contributed by atoms with Crippen LogP contribution in [0.15, 0.2) is 42.5 Å². The molecule has 3 rings (SSSR count). The highest BCUT2D eigenvalue weighted by Crippen LogP contribution is 2.04. The summed E-state index contributed by atoms with van der Waals surface area (Å²) in [6.07, 6.45) is 7.83. The maximum Gasteiger partial charge on any atom is 0.00840 e. The number of fused-ring (bicyclic) bond motifs is 2. The van der Waals surface area contributed by atoms with Gasteiger partial charge in [0.1, 0.15) is 0 Å². The van der Waals surface area contributed by atoms with Crippen molar-refractivity contribution in [1.82, 2.24) is 5.32 Å². The highest BCUT2D eigenvalue weighted by Gasteiger charge is 1.97. The maximum atomic E-state index is 3.27. The van der Waals surface area contributed by atoms with Gasteiger partial charge in [0.05, 0.1) is 0 Å². The summed E-state index contributed by atoms with van der Waals surface area (Å²) in [6.45, 7) is 2.24. The van der Waals surface area contributed by atoms with Crippen molar-refractivity contribution in [2.75, 3.05) is 0 Å². The molecule has 0 saturated carbocycles. The van der Waals surface area contributed by atoms with Crippen LogP contribution in [0.4, 0.5) is 0 Å². The van der Waals surface area contributed by atoms with Gasteiger partial charge < -0.3 is 5.32 Å². The Hall–Kier alpha value is -2.02. The first-order valence-electron chi connectivity index (χ1n) is 7.03. The van der Waals surface area contributed by atoms with Gasteiger partial charge in [0, 0.05) is 12.4 Å². The average molecular weight is 249 g/mol. The first-order chi connectivity index (χ1) is 9.38. The summed E-state index contributed by atoms with van der Waals surface area (Å²) in [7, 11) is 0. The van der Waals surface area contributed by atoms with E-state index >= 15 is 0 Å². The fourth-order valence-electron chi connectivity index (χ4n) is 2.59. The minimum atomic E-state index is 1.17. The largest absolute Gasteiger partial charge is 0.366 e. The molecule has 0 unspecified atom stereocenters. The van der Waals surface area contributed by atoms with E-state index < -0.39 is 0 Å². The van der Waals surface area contributed by atoms with E-state index in [9.17, 15) is 0 Å². The van der Waals surface area contributed by atoms with Crippen molar-refractivity contribution >= 4 is 12.4 Å². The Kier molecular flexibility index (Phi) is 3.37. The van der Waals surface area contributed by atoms with Crippen LogP contribution in [0.5, 0.6) is 0 Å². The van der Waals surface area contributed by atoms with Gasteiger partial charge in [-0.25, -0.2) is 0 Å². The minimum absolute atomic E-state index is 1.17. The van der Waals surface area contributed by atoms with E-state index in [-0.39, 0.29) is 0 Å². The molecule has 2 aromatic carbocycles. The lowest BCUT2D eigenvalue weighted by Crippen LogP contribution is -2.08. The van der Waals surface area contributed by atoms with Gasteiger partial charge in [0.25, 0.3) is 0 Å². The van der Waals surface area contributed by atoms with Crippen molar-refractivity contribution in [2.24, 2.45) is 0 Å². The molecule has 1 heterocycles. The number of benzene rings is 2. The second-order valence-corrected chi connectivity index (χ2v) is 5.07. The van der Waals surface area contributed by atoms with Crippen LogP contribution in [-0.4, -0.2) is 0 Å². The van der Waals surface area contributed by atoms with E-state index in [0.717, 1.165) is 0 Å². The second-order valence-electron chi connectivity index (χ2n) is 5.07. The summed E-state index contributed by atoms with van der Waals surface area (Å²) in [4.78, 5) is 0. The molecule has 1 aliphatic rings. The SMILES string of the molecule is CCCCc1ccc2c(c1)=c1ccccc1=CNC=2. The fourth-order valence-corrected chi connectivity index (χ4v) is 2.59. The topological polar surface area (TPSA) is 12.0 Å². The van der Waals surface area contributed by atoms with E-state index in [2.05, 4.69) is 67.1 Å². The van der Waals surface area contributed by atoms with Crippen molar-refractivity contribution in [1.29, 1.82) is 0 Å². The summed E-state index contributed by atoms with van der Waals surface area (Å²) in [6, 6.07) is 15.4. The third-order valence-electron chi connectivity index (χ3n) is 3.67. The van der Waals surface area contributed by atoms with Crippen LogP contribution in [0.3, 0.4) is 0 Å². The molecule has 1 aliphatic heterocycles. The molecule has 19 heavy (non-hydrogen) atoms. The summed E-state index contributed by atoms with van der Waals surface area (Å²) in [5, 5.41) is 8.45. The summed E-state index contributed by atoms with van der Waals surface area (Å²) >= 11 is 0. The van der Waals surface area contributed by atoms with Gasteiger partial charge in [-0.1, -0.05) is 55.8 Å². The molecule has 0 radical (unpaired) electrons. The molecule has 0 atom stereocenters. The summed E-state index contributed by atoms with van der Waals surface area (Å²) in [5.41, 5.74) is 1.44. The molecule has 0 bridgehead atoms. The lowest BCUT2D eigenvalue weighted by molar-refractivity contribution is 0.794. The van der Waals surface area contributed by atoms with Crippen LogP contribution in [0.1, 0.15) is 25.3 Å². The Labute approximate surface area is 113 Å². The first-order valence-corrected chi connectivity index (χ1v) is 7.03. The average Bonchev–Trinajstić information content (AvgIpc) is 2.64. The van der Waals surface area contributed by atoms with Crippen molar-refractivity contribution in [2.45, 2.75) is 26.2 Å². The quantitative estimate of drug-likeness (QED) is 0.881. The normalized spacial score (nSPS) is 12.3. The molecule has 96 valence electrons. The van der Waals surface area contributed by atoms with Crippen LogP contribution < -0.4 is 15.8 Å². The molecular formula is C18H19N. The van der Waals surface area contributed by atoms with Gasteiger partial charge in [-0.15, -0.1) is 0 Å². The number of hydrogen-bond donors (Lipinski definition) is 1. The van der Waals surface area contributed by atoms with Crippen LogP contribution >= 0.6 is 0 Å². The van der Waals surface area contributed by atoms with E-state index in [0.29, 0.717) is 0 Å². The Bertz CT molecular complexity index is 787. The summed E-state index contributed by atoms with van der Waals surface area (Å²) in [5.74, 6) is 0. The Balaban J connectivity index is 2.33. The number of rotatable bonds is 3. The van der Waals surface area contributed by atoms with Crippen molar-refractivity contribution in [3.63, 3.8) is 0 Å². The van der Waals surface area contributed by atoms with Crippen molar-refractivity contribution in [3.8, 4) is 0 Å². The van der Waals surface area contributed by atoms with E-state index in [1.54, 1.807) is 0 Å². The maximum absolute atomic E-state index is 3.27. The molecule has 0 saturated heterocycles. The molecule has 1 N–H and O–H groups in total. The van der Waals surface area contributed by atoms with Gasteiger partial charge in [-0.05, 0) is 39.3 Å². The number of unbranched alkanes of at least 4 members (excludes halogenated alkanes) is 1. The van der Waals surface area contributed by atoms with Crippen LogP contribution in [0.2, 0.25) is 0 Å². The number of nitrogens with one attached hydrogen (secondary N) is 1. The zero-order valence-corrected chi connectivity index (χ0v) is 11.3. The molecule has 1 nitrogen and oxygen atoms in total. The molecule has 0 amide bonds. The van der Waals surface area contributed by atoms with Crippen LogP contribution in [-0.2, 0) is 6.42 Å². The van der Waals surface area contributed by atoms with Crippen LogP contribution in [0.25, 0.3) is 12.4 Å². The third kappa shape index (κ3) is 2.41. The van der Waals surface area contributed by atoms with Crippen molar-refractivity contribution < 1.29 is 0 Å².